The molecule has 0 unspecified atom stereocenters. The van der Waals surface area contributed by atoms with Crippen LogP contribution in [0.25, 0.3) is 33.1 Å². The summed E-state index contributed by atoms with van der Waals surface area (Å²) in [7, 11) is 3.24. The third-order valence-corrected chi connectivity index (χ3v) is 6.79. The average molecular weight is 526 g/mol. The lowest BCUT2D eigenvalue weighted by atomic mass is 10.1. The molecule has 2 aromatic heterocycles. The summed E-state index contributed by atoms with van der Waals surface area (Å²) in [5.41, 5.74) is 2.08. The lowest BCUT2D eigenvalue weighted by molar-refractivity contribution is -0.120. The summed E-state index contributed by atoms with van der Waals surface area (Å²) < 4.78 is 11.4. The van der Waals surface area contributed by atoms with E-state index in [0.29, 0.717) is 30.3 Å². The van der Waals surface area contributed by atoms with Crippen molar-refractivity contribution in [2.24, 2.45) is 0 Å². The van der Waals surface area contributed by atoms with Gasteiger partial charge in [0, 0.05) is 29.9 Å². The molecule has 3 aromatic carbocycles. The summed E-state index contributed by atoms with van der Waals surface area (Å²) in [6, 6.07) is 21.0. The minimum absolute atomic E-state index is 0.0206. The van der Waals surface area contributed by atoms with Gasteiger partial charge in [0.2, 0.25) is 17.7 Å². The number of rotatable bonds is 11. The van der Waals surface area contributed by atoms with E-state index in [2.05, 4.69) is 25.8 Å². The Kier molecular flexibility index (Phi) is 7.86. The Morgan fingerprint density at radius 1 is 0.949 bits per heavy atom. The van der Waals surface area contributed by atoms with Crippen LogP contribution < -0.4 is 15.4 Å². The first kappa shape index (κ1) is 26.0. The average Bonchev–Trinajstić information content (AvgIpc) is 3.63. The number of carbonyl (C=O) groups excluding carboxylic acids is 2. The van der Waals surface area contributed by atoms with Crippen molar-refractivity contribution < 1.29 is 18.7 Å². The van der Waals surface area contributed by atoms with Gasteiger partial charge in [-0.1, -0.05) is 43.2 Å². The summed E-state index contributed by atoms with van der Waals surface area (Å²) >= 11 is 0. The lowest BCUT2D eigenvalue weighted by Gasteiger charge is -2.15. The second-order valence-corrected chi connectivity index (χ2v) is 9.44. The molecule has 5 aromatic rings. The Morgan fingerprint density at radius 2 is 1.79 bits per heavy atom. The number of carbonyl (C=O) groups is 2. The number of H-pyrrole nitrogens is 1. The van der Waals surface area contributed by atoms with Gasteiger partial charge in [-0.2, -0.15) is 0 Å². The number of nitrogens with zero attached hydrogens (tertiary/aromatic N) is 2. The number of unbranched alkanes of at least 4 members (excludes halogenated alkanes) is 2. The van der Waals surface area contributed by atoms with Gasteiger partial charge in [-0.25, -0.2) is 0 Å². The number of nitrogens with one attached hydrogen (secondary N) is 3. The third kappa shape index (κ3) is 6.09. The zero-order valence-electron chi connectivity index (χ0n) is 22.0. The lowest BCUT2D eigenvalue weighted by Crippen LogP contribution is -2.29. The molecule has 200 valence electrons. The number of ether oxygens (including phenoxy) is 1. The van der Waals surface area contributed by atoms with Gasteiger partial charge in [0.1, 0.15) is 17.5 Å². The topological polar surface area (TPSA) is 122 Å². The van der Waals surface area contributed by atoms with Crippen LogP contribution in [0.4, 0.5) is 0 Å². The molecule has 0 saturated carbocycles. The van der Waals surface area contributed by atoms with E-state index in [1.807, 2.05) is 60.7 Å². The van der Waals surface area contributed by atoms with Crippen LogP contribution in [0.15, 0.2) is 71.1 Å². The fraction of sp³-hybridized carbons (Fsp3) is 0.267. The van der Waals surface area contributed by atoms with Crippen molar-refractivity contribution in [2.45, 2.75) is 38.1 Å². The third-order valence-electron chi connectivity index (χ3n) is 6.79. The van der Waals surface area contributed by atoms with Crippen LogP contribution >= 0.6 is 0 Å². The maximum Gasteiger partial charge on any atom is 0.268 e. The molecule has 0 aliphatic rings. The quantitative estimate of drug-likeness (QED) is 0.194. The monoisotopic (exact) mass is 525 g/mol. The predicted molar refractivity (Wildman–Crippen MR) is 149 cm³/mol. The highest BCUT2D eigenvalue weighted by atomic mass is 16.5. The zero-order chi connectivity index (χ0) is 27.2. The molecular weight excluding hydrogens is 494 g/mol. The molecule has 0 radical (unpaired) electrons. The first-order chi connectivity index (χ1) is 19.0. The molecule has 5 rings (SSSR count). The summed E-state index contributed by atoms with van der Waals surface area (Å²) in [6.45, 7) is 0. The van der Waals surface area contributed by atoms with E-state index in [4.69, 9.17) is 9.15 Å². The molecule has 9 nitrogen and oxygen atoms in total. The van der Waals surface area contributed by atoms with Gasteiger partial charge in [-0.05, 0) is 60.0 Å². The number of methoxy groups -OCH3 is 1. The van der Waals surface area contributed by atoms with Crippen LogP contribution in [0.1, 0.15) is 54.5 Å². The Balaban J connectivity index is 1.35. The Hall–Kier alpha value is -4.66. The van der Waals surface area contributed by atoms with E-state index in [-0.39, 0.29) is 11.8 Å². The number of aromatic nitrogens is 3. The highest BCUT2D eigenvalue weighted by molar-refractivity contribution is 5.98. The van der Waals surface area contributed by atoms with E-state index in [1.54, 1.807) is 20.2 Å². The van der Waals surface area contributed by atoms with Gasteiger partial charge in [0.25, 0.3) is 5.91 Å². The summed E-state index contributed by atoms with van der Waals surface area (Å²) in [5, 5.41) is 17.4. The first-order valence-corrected chi connectivity index (χ1v) is 13.0. The standard InChI is InChI=1S/C30H31N5O4/c1-31-27(36)11-5-3-4-10-25(33-28(37)26-18-22-17-23(38-2)14-15-24(22)32-26)30-35-34-29(39-30)21-13-12-19-8-6-7-9-20(19)16-21/h6-9,12-18,25,32H,3-5,10-11H2,1-2H3,(H,31,36)(H,33,37)/t25-/m0/s1. The van der Waals surface area contributed by atoms with Crippen LogP contribution in [0.2, 0.25) is 0 Å². The van der Waals surface area contributed by atoms with Crippen molar-refractivity contribution >= 4 is 33.5 Å². The number of benzene rings is 3. The smallest absolute Gasteiger partial charge is 0.268 e. The summed E-state index contributed by atoms with van der Waals surface area (Å²) in [6.07, 6.45) is 3.43. The number of fused-ring (bicyclic) bond motifs is 2. The summed E-state index contributed by atoms with van der Waals surface area (Å²) in [5.74, 6) is 1.20. The Labute approximate surface area is 226 Å². The Bertz CT molecular complexity index is 1610. The van der Waals surface area contributed by atoms with E-state index in [0.717, 1.165) is 52.3 Å². The maximum atomic E-state index is 13.3. The van der Waals surface area contributed by atoms with Crippen LogP contribution in [0.5, 0.6) is 5.75 Å². The maximum absolute atomic E-state index is 13.3. The molecule has 9 heteroatoms. The van der Waals surface area contributed by atoms with E-state index >= 15 is 0 Å². The molecule has 3 N–H and O–H groups in total. The van der Waals surface area contributed by atoms with Crippen molar-refractivity contribution in [2.75, 3.05) is 14.2 Å². The van der Waals surface area contributed by atoms with Gasteiger partial charge < -0.3 is 24.8 Å². The van der Waals surface area contributed by atoms with E-state index in [1.165, 1.54) is 0 Å². The van der Waals surface area contributed by atoms with Crippen molar-refractivity contribution in [1.29, 1.82) is 0 Å². The SMILES string of the molecule is CNC(=O)CCCCC[C@H](NC(=O)c1cc2cc(OC)ccc2[nH]1)c1nnc(-c2ccc3ccccc3c2)o1. The minimum atomic E-state index is -0.486. The second-order valence-electron chi connectivity index (χ2n) is 9.44. The molecular formula is C30H31N5O4. The number of amides is 2. The van der Waals surface area contributed by atoms with Crippen molar-refractivity contribution in [3.05, 3.63) is 78.3 Å². The van der Waals surface area contributed by atoms with Crippen LogP contribution in [-0.4, -0.2) is 41.2 Å². The molecule has 39 heavy (non-hydrogen) atoms. The van der Waals surface area contributed by atoms with Gasteiger partial charge >= 0.3 is 0 Å². The van der Waals surface area contributed by atoms with E-state index in [9.17, 15) is 9.59 Å². The van der Waals surface area contributed by atoms with Crippen LogP contribution in [-0.2, 0) is 4.79 Å². The molecule has 0 aliphatic carbocycles. The van der Waals surface area contributed by atoms with Crippen molar-refractivity contribution in [3.8, 4) is 17.2 Å². The number of aromatic amines is 1. The van der Waals surface area contributed by atoms with Gasteiger partial charge in [0.15, 0.2) is 0 Å². The molecule has 0 fully saturated rings. The van der Waals surface area contributed by atoms with Gasteiger partial charge in [0.05, 0.1) is 7.11 Å². The van der Waals surface area contributed by atoms with Gasteiger partial charge in [-0.15, -0.1) is 10.2 Å². The normalized spacial score (nSPS) is 11.9. The zero-order valence-corrected chi connectivity index (χ0v) is 22.0. The van der Waals surface area contributed by atoms with Crippen LogP contribution in [0.3, 0.4) is 0 Å². The molecule has 2 amide bonds. The highest BCUT2D eigenvalue weighted by Crippen LogP contribution is 2.27. The predicted octanol–water partition coefficient (Wildman–Crippen LogP) is 5.55. The number of hydrogen-bond donors (Lipinski definition) is 3. The second kappa shape index (κ2) is 11.8. The van der Waals surface area contributed by atoms with Crippen LogP contribution in [0, 0.1) is 0 Å². The largest absolute Gasteiger partial charge is 0.497 e. The molecule has 1 atom stereocenters. The number of hydrogen-bond acceptors (Lipinski definition) is 6. The fourth-order valence-electron chi connectivity index (χ4n) is 4.60. The fourth-order valence-corrected chi connectivity index (χ4v) is 4.60. The van der Waals surface area contributed by atoms with Crippen molar-refractivity contribution in [1.82, 2.24) is 25.8 Å². The Morgan fingerprint density at radius 3 is 2.62 bits per heavy atom. The van der Waals surface area contributed by atoms with E-state index < -0.39 is 6.04 Å². The summed E-state index contributed by atoms with van der Waals surface area (Å²) in [4.78, 5) is 28.0. The highest BCUT2D eigenvalue weighted by Gasteiger charge is 2.23. The molecule has 0 saturated heterocycles. The molecule has 0 bridgehead atoms. The first-order valence-electron chi connectivity index (χ1n) is 13.0. The van der Waals surface area contributed by atoms with Gasteiger partial charge in [-0.3, -0.25) is 9.59 Å². The minimum Gasteiger partial charge on any atom is -0.497 e. The molecule has 0 aliphatic heterocycles. The molecule has 2 heterocycles. The molecule has 0 spiro atoms. The van der Waals surface area contributed by atoms with Crippen molar-refractivity contribution in [3.63, 3.8) is 0 Å².